The maximum Gasteiger partial charge on any atom is 0.514 e. The summed E-state index contributed by atoms with van der Waals surface area (Å²) in [6, 6.07) is 5.50. The van der Waals surface area contributed by atoms with E-state index in [4.69, 9.17) is 23.7 Å². The van der Waals surface area contributed by atoms with Crippen LogP contribution in [0.15, 0.2) is 42.5 Å². The Morgan fingerprint density at radius 3 is 2.06 bits per heavy atom. The molecule has 0 aromatic heterocycles. The van der Waals surface area contributed by atoms with Crippen molar-refractivity contribution in [2.45, 2.75) is 110 Å². The molecule has 1 saturated heterocycles. The van der Waals surface area contributed by atoms with Crippen LogP contribution in [0.3, 0.4) is 0 Å². The first-order valence-electron chi connectivity index (χ1n) is 22.4. The van der Waals surface area contributed by atoms with Gasteiger partial charge in [0.15, 0.2) is 17.3 Å². The SMILES string of the molecule is CC[C@H](C)C([C@@H](CC(=O)N1C[C@@H](OC(=O)Oc2ccc([N+](=O)[O-])cc2)C[C@H]1[C@H](OC)[C@@H](C)C(=O)NCC(=O)c1ccc(OC)c(F)c1)OC)N(C)C(=O)[C@@H](NC(=O)C(C(C)C)N(C)C)C(C)C. The monoisotopic (exact) mass is 944 g/mol. The first kappa shape index (κ1) is 55.6. The van der Waals surface area contributed by atoms with E-state index in [0.717, 1.165) is 18.2 Å². The number of methoxy groups -OCH3 is 3. The van der Waals surface area contributed by atoms with Gasteiger partial charge in [0.05, 0.1) is 67.8 Å². The standard InChI is InChI=1S/C47H69FN6O13/c1-14-28(6)42(52(10)46(59)40(26(2)3)50-45(58)41(27(4)5)51(8)9)38(64-12)23-39(56)53-25-33(67-47(60)66-32-18-16-31(17-19-32)54(61)62)22-35(53)43(65-13)29(7)44(57)49-24-36(55)30-15-20-37(63-11)34(48)21-30/h15-21,26-29,33,35,38,40-43H,14,22-25H2,1-13H3,(H,49,57)(H,50,58)/t28-,29+,33-,35-,38+,40-,41?,42?,43+/m0/s1. The predicted octanol–water partition coefficient (Wildman–Crippen LogP) is 4.88. The summed E-state index contributed by atoms with van der Waals surface area (Å²) in [7, 11) is 9.30. The lowest BCUT2D eigenvalue weighted by molar-refractivity contribution is -0.384. The molecule has 0 saturated carbocycles. The van der Waals surface area contributed by atoms with Crippen molar-refractivity contribution >= 4 is 41.3 Å². The van der Waals surface area contributed by atoms with Crippen LogP contribution in [0.5, 0.6) is 11.5 Å². The lowest BCUT2D eigenvalue weighted by atomic mass is 9.89. The highest BCUT2D eigenvalue weighted by Crippen LogP contribution is 2.32. The molecule has 372 valence electrons. The molecule has 20 heteroatoms. The number of nitro benzene ring substituents is 1. The topological polar surface area (TPSA) is 225 Å². The second-order valence-electron chi connectivity index (χ2n) is 17.9. The summed E-state index contributed by atoms with van der Waals surface area (Å²) in [6.07, 6.45) is -3.73. The zero-order valence-electron chi connectivity index (χ0n) is 40.9. The molecule has 0 bridgehead atoms. The van der Waals surface area contributed by atoms with E-state index in [2.05, 4.69) is 10.6 Å². The molecule has 4 amide bonds. The van der Waals surface area contributed by atoms with Gasteiger partial charge < -0.3 is 44.1 Å². The van der Waals surface area contributed by atoms with Crippen molar-refractivity contribution in [1.29, 1.82) is 0 Å². The smallest absolute Gasteiger partial charge is 0.494 e. The number of Topliss-reactive ketones (excluding diaryl/α,β-unsaturated/α-hetero) is 1. The number of ether oxygens (including phenoxy) is 5. The fraction of sp³-hybridized carbons (Fsp3) is 0.617. The molecule has 9 atom stereocenters. The summed E-state index contributed by atoms with van der Waals surface area (Å²) in [6.45, 7) is 12.3. The van der Waals surface area contributed by atoms with E-state index in [0.29, 0.717) is 6.42 Å². The van der Waals surface area contributed by atoms with Crippen LogP contribution < -0.4 is 20.1 Å². The van der Waals surface area contributed by atoms with Crippen molar-refractivity contribution in [1.82, 2.24) is 25.3 Å². The van der Waals surface area contributed by atoms with Crippen LogP contribution in [0.2, 0.25) is 0 Å². The van der Waals surface area contributed by atoms with Gasteiger partial charge in [0.2, 0.25) is 23.6 Å². The summed E-state index contributed by atoms with van der Waals surface area (Å²) in [4.78, 5) is 97.7. The minimum Gasteiger partial charge on any atom is -0.494 e. The number of hydrogen-bond donors (Lipinski definition) is 2. The summed E-state index contributed by atoms with van der Waals surface area (Å²) >= 11 is 0. The quantitative estimate of drug-likeness (QED) is 0.0471. The maximum atomic E-state index is 14.7. The molecule has 3 rings (SSSR count). The first-order chi connectivity index (χ1) is 31.5. The Morgan fingerprint density at radius 1 is 0.910 bits per heavy atom. The van der Waals surface area contributed by atoms with Gasteiger partial charge in [-0.1, -0.05) is 54.9 Å². The molecule has 2 unspecified atom stereocenters. The number of carbonyl (C=O) groups excluding carboxylic acids is 6. The van der Waals surface area contributed by atoms with Crippen LogP contribution in [0, 0.1) is 39.6 Å². The minimum atomic E-state index is -1.15. The number of amides is 4. The van der Waals surface area contributed by atoms with Crippen LogP contribution in [0.1, 0.15) is 78.1 Å². The van der Waals surface area contributed by atoms with Gasteiger partial charge in [-0.15, -0.1) is 0 Å². The van der Waals surface area contributed by atoms with Gasteiger partial charge in [0.1, 0.15) is 17.9 Å². The van der Waals surface area contributed by atoms with E-state index < -0.39 is 89.4 Å². The third-order valence-corrected chi connectivity index (χ3v) is 12.4. The molecule has 1 aliphatic rings. The number of hydrogen-bond acceptors (Lipinski definition) is 14. The summed E-state index contributed by atoms with van der Waals surface area (Å²) in [5.41, 5.74) is -0.213. The molecule has 19 nitrogen and oxygen atoms in total. The predicted molar refractivity (Wildman–Crippen MR) is 245 cm³/mol. The molecule has 1 heterocycles. The van der Waals surface area contributed by atoms with E-state index in [1.165, 1.54) is 55.4 Å². The summed E-state index contributed by atoms with van der Waals surface area (Å²) in [5, 5.41) is 16.7. The van der Waals surface area contributed by atoms with Gasteiger partial charge in [-0.05, 0) is 62.2 Å². The molecular formula is C47H69FN6O13. The Kier molecular flexibility index (Phi) is 21.1. The fourth-order valence-electron chi connectivity index (χ4n) is 8.64. The summed E-state index contributed by atoms with van der Waals surface area (Å²) in [5.74, 6) is -4.69. The van der Waals surface area contributed by atoms with Crippen molar-refractivity contribution in [2.24, 2.45) is 23.7 Å². The summed E-state index contributed by atoms with van der Waals surface area (Å²) < 4.78 is 42.1. The number of rotatable bonds is 24. The molecule has 2 aromatic rings. The van der Waals surface area contributed by atoms with Crippen molar-refractivity contribution in [3.63, 3.8) is 0 Å². The van der Waals surface area contributed by atoms with E-state index >= 15 is 0 Å². The Hall–Kier alpha value is -5.73. The van der Waals surface area contributed by atoms with Crippen LogP contribution in [-0.4, -0.2) is 153 Å². The van der Waals surface area contributed by atoms with E-state index in [9.17, 15) is 43.3 Å². The van der Waals surface area contributed by atoms with Crippen LogP contribution in [-0.2, 0) is 33.4 Å². The Bertz CT molecular complexity index is 2030. The highest BCUT2D eigenvalue weighted by atomic mass is 19.1. The Labute approximate surface area is 392 Å². The average molecular weight is 945 g/mol. The fourth-order valence-corrected chi connectivity index (χ4v) is 8.64. The van der Waals surface area contributed by atoms with Crippen molar-refractivity contribution < 1.29 is 61.8 Å². The molecule has 2 N–H and O–H groups in total. The van der Waals surface area contributed by atoms with Crippen molar-refractivity contribution in [2.75, 3.05) is 55.6 Å². The zero-order valence-corrected chi connectivity index (χ0v) is 40.9. The number of benzene rings is 2. The Balaban J connectivity index is 1.93. The molecule has 0 spiro atoms. The third-order valence-electron chi connectivity index (χ3n) is 12.4. The van der Waals surface area contributed by atoms with Gasteiger partial charge >= 0.3 is 6.16 Å². The first-order valence-corrected chi connectivity index (χ1v) is 22.4. The number of nitrogens with one attached hydrogen (secondary N) is 2. The zero-order chi connectivity index (χ0) is 50.4. The Morgan fingerprint density at radius 2 is 1.55 bits per heavy atom. The van der Waals surface area contributed by atoms with Gasteiger partial charge in [-0.25, -0.2) is 9.18 Å². The average Bonchev–Trinajstić information content (AvgIpc) is 3.69. The van der Waals surface area contributed by atoms with Gasteiger partial charge in [-0.3, -0.25) is 39.0 Å². The lowest BCUT2D eigenvalue weighted by Gasteiger charge is -2.41. The van der Waals surface area contributed by atoms with Gasteiger partial charge in [0.25, 0.3) is 5.69 Å². The molecule has 1 fully saturated rings. The molecule has 0 radical (unpaired) electrons. The number of ketones is 1. The second kappa shape index (κ2) is 25.4. The van der Waals surface area contributed by atoms with Crippen molar-refractivity contribution in [3.8, 4) is 11.5 Å². The maximum absolute atomic E-state index is 14.7. The number of carbonyl (C=O) groups is 6. The number of nitrogens with zero attached hydrogens (tertiary/aromatic N) is 4. The molecule has 2 aromatic carbocycles. The lowest BCUT2D eigenvalue weighted by Crippen LogP contribution is -2.59. The number of halogens is 1. The number of nitro groups is 1. The van der Waals surface area contributed by atoms with Crippen LogP contribution in [0.4, 0.5) is 14.9 Å². The molecule has 1 aliphatic heterocycles. The normalized spacial score (nSPS) is 18.0. The largest absolute Gasteiger partial charge is 0.514 e. The van der Waals surface area contributed by atoms with Crippen LogP contribution >= 0.6 is 0 Å². The highest BCUT2D eigenvalue weighted by molar-refractivity contribution is 5.99. The van der Waals surface area contributed by atoms with E-state index in [1.807, 2.05) is 41.5 Å². The van der Waals surface area contributed by atoms with Gasteiger partial charge in [0, 0.05) is 45.4 Å². The van der Waals surface area contributed by atoms with Crippen molar-refractivity contribution in [3.05, 3.63) is 64.0 Å². The third kappa shape index (κ3) is 14.6. The molecule has 0 aliphatic carbocycles. The number of likely N-dealkylation sites (N-methyl/N-ethyl adjacent to an activating group) is 2. The minimum absolute atomic E-state index is 0.00650. The van der Waals surface area contributed by atoms with E-state index in [1.54, 1.807) is 33.0 Å². The second-order valence-corrected chi connectivity index (χ2v) is 17.9. The highest BCUT2D eigenvalue weighted by Gasteiger charge is 2.47. The number of non-ortho nitro benzene ring substituents is 1. The van der Waals surface area contributed by atoms with Crippen LogP contribution in [0.25, 0.3) is 0 Å². The number of likely N-dealkylation sites (tertiary alicyclic amines) is 1. The molecular weight excluding hydrogens is 876 g/mol. The van der Waals surface area contributed by atoms with Gasteiger partial charge in [-0.2, -0.15) is 0 Å². The van der Waals surface area contributed by atoms with E-state index in [-0.39, 0.29) is 71.7 Å². The molecule has 67 heavy (non-hydrogen) atoms.